The Morgan fingerprint density at radius 3 is 2.59 bits per heavy atom. The summed E-state index contributed by atoms with van der Waals surface area (Å²) in [7, 11) is 0. The van der Waals surface area contributed by atoms with Gasteiger partial charge in [-0.25, -0.2) is 4.39 Å². The van der Waals surface area contributed by atoms with Crippen molar-refractivity contribution >= 4 is 11.8 Å². The Bertz CT molecular complexity index is 778. The van der Waals surface area contributed by atoms with Crippen molar-refractivity contribution < 1.29 is 13.9 Å². The summed E-state index contributed by atoms with van der Waals surface area (Å²) in [5.41, 5.74) is 4.16. The maximum Gasteiger partial charge on any atom is 0.231 e. The van der Waals surface area contributed by atoms with Crippen LogP contribution in [0.3, 0.4) is 0 Å². The third-order valence-electron chi connectivity index (χ3n) is 3.84. The summed E-state index contributed by atoms with van der Waals surface area (Å²) >= 11 is 0. The average Bonchev–Trinajstić information content (AvgIpc) is 2.99. The third-order valence-corrected chi connectivity index (χ3v) is 3.84. The normalized spacial score (nSPS) is 15.8. The van der Waals surface area contributed by atoms with Gasteiger partial charge in [0, 0.05) is 12.1 Å². The summed E-state index contributed by atoms with van der Waals surface area (Å²) in [6.45, 7) is 1.03. The minimum atomic E-state index is -0.231. The third kappa shape index (κ3) is 2.37. The SMILES string of the molecule is Fc1ccc(C=CC2=NCCc3cc4c(cc32)OCO4)cc1. The minimum absolute atomic E-state index is 0.231. The zero-order valence-electron chi connectivity index (χ0n) is 11.9. The number of hydrogen-bond acceptors (Lipinski definition) is 3. The second-order valence-electron chi connectivity index (χ2n) is 5.26. The Labute approximate surface area is 127 Å². The van der Waals surface area contributed by atoms with E-state index < -0.39 is 0 Å². The summed E-state index contributed by atoms with van der Waals surface area (Å²) in [6.07, 6.45) is 4.81. The Morgan fingerprint density at radius 2 is 1.77 bits per heavy atom. The molecule has 2 aliphatic rings. The first-order valence-corrected chi connectivity index (χ1v) is 7.20. The van der Waals surface area contributed by atoms with E-state index >= 15 is 0 Å². The number of hydrogen-bond donors (Lipinski definition) is 0. The maximum atomic E-state index is 12.9. The van der Waals surface area contributed by atoms with Gasteiger partial charge in [-0.2, -0.15) is 0 Å². The molecule has 0 unspecified atom stereocenters. The first-order valence-electron chi connectivity index (χ1n) is 7.20. The summed E-state index contributed by atoms with van der Waals surface area (Å²) in [6, 6.07) is 10.4. The minimum Gasteiger partial charge on any atom is -0.454 e. The van der Waals surface area contributed by atoms with Crippen LogP contribution < -0.4 is 9.47 Å². The fourth-order valence-electron chi connectivity index (χ4n) is 2.70. The second-order valence-corrected chi connectivity index (χ2v) is 5.26. The quantitative estimate of drug-likeness (QED) is 0.847. The topological polar surface area (TPSA) is 30.8 Å². The molecule has 0 fully saturated rings. The number of ether oxygens (including phenoxy) is 2. The highest BCUT2D eigenvalue weighted by atomic mass is 19.1. The van der Waals surface area contributed by atoms with Gasteiger partial charge >= 0.3 is 0 Å². The van der Waals surface area contributed by atoms with E-state index in [4.69, 9.17) is 9.47 Å². The standard InChI is InChI=1S/C18H14FNO2/c19-14-4-1-12(2-5-14)3-6-16-15-10-18-17(21-11-22-18)9-13(15)7-8-20-16/h1-6,9-10H,7-8,11H2. The van der Waals surface area contributed by atoms with Crippen LogP contribution in [0.1, 0.15) is 16.7 Å². The molecule has 0 saturated heterocycles. The molecule has 3 nitrogen and oxygen atoms in total. The molecule has 110 valence electrons. The smallest absolute Gasteiger partial charge is 0.231 e. The Hall–Kier alpha value is -2.62. The molecule has 0 atom stereocenters. The van der Waals surface area contributed by atoms with Gasteiger partial charge in [0.25, 0.3) is 0 Å². The number of halogens is 1. The zero-order chi connectivity index (χ0) is 14.9. The van der Waals surface area contributed by atoms with E-state index in [1.807, 2.05) is 24.3 Å². The number of fused-ring (bicyclic) bond motifs is 2. The van der Waals surface area contributed by atoms with E-state index in [0.717, 1.165) is 41.3 Å². The van der Waals surface area contributed by atoms with Gasteiger partial charge in [0.05, 0.1) is 5.71 Å². The molecular weight excluding hydrogens is 281 g/mol. The molecule has 4 heteroatoms. The second kappa shape index (κ2) is 5.30. The highest BCUT2D eigenvalue weighted by Gasteiger charge is 2.20. The first kappa shape index (κ1) is 13.1. The number of aliphatic imine (C=N–C) groups is 1. The highest BCUT2D eigenvalue weighted by molar-refractivity contribution is 6.12. The van der Waals surface area contributed by atoms with Crippen LogP contribution in [0.5, 0.6) is 11.5 Å². The molecule has 0 saturated carbocycles. The molecule has 0 amide bonds. The van der Waals surface area contributed by atoms with Crippen molar-refractivity contribution in [2.75, 3.05) is 13.3 Å². The summed E-state index contributed by atoms with van der Waals surface area (Å²) in [5, 5.41) is 0. The van der Waals surface area contributed by atoms with Gasteiger partial charge in [-0.05, 0) is 47.9 Å². The zero-order valence-corrected chi connectivity index (χ0v) is 11.9. The van der Waals surface area contributed by atoms with Crippen molar-refractivity contribution in [1.82, 2.24) is 0 Å². The molecule has 0 bridgehead atoms. The lowest BCUT2D eigenvalue weighted by Crippen LogP contribution is -2.10. The van der Waals surface area contributed by atoms with Gasteiger partial charge in [0.15, 0.2) is 11.5 Å². The van der Waals surface area contributed by atoms with E-state index in [0.29, 0.717) is 0 Å². The summed E-state index contributed by atoms with van der Waals surface area (Å²) in [4.78, 5) is 4.59. The van der Waals surface area contributed by atoms with E-state index in [2.05, 4.69) is 4.99 Å². The molecule has 0 N–H and O–H groups in total. The maximum absolute atomic E-state index is 12.9. The van der Waals surface area contributed by atoms with Crippen LogP contribution in [0.4, 0.5) is 4.39 Å². The van der Waals surface area contributed by atoms with E-state index in [1.165, 1.54) is 17.7 Å². The fraction of sp³-hybridized carbons (Fsp3) is 0.167. The molecule has 0 aliphatic carbocycles. The molecule has 0 radical (unpaired) electrons. The Morgan fingerprint density at radius 1 is 1.00 bits per heavy atom. The van der Waals surface area contributed by atoms with Crippen LogP contribution >= 0.6 is 0 Å². The van der Waals surface area contributed by atoms with E-state index in [9.17, 15) is 4.39 Å². The molecule has 0 spiro atoms. The lowest BCUT2D eigenvalue weighted by molar-refractivity contribution is 0.174. The molecule has 2 heterocycles. The molecule has 4 rings (SSSR count). The van der Waals surface area contributed by atoms with Crippen LogP contribution in [0.2, 0.25) is 0 Å². The van der Waals surface area contributed by atoms with Crippen molar-refractivity contribution in [2.24, 2.45) is 4.99 Å². The van der Waals surface area contributed by atoms with Crippen molar-refractivity contribution in [3.63, 3.8) is 0 Å². The first-order chi connectivity index (χ1) is 10.8. The largest absolute Gasteiger partial charge is 0.454 e. The predicted octanol–water partition coefficient (Wildman–Crippen LogP) is 3.61. The monoisotopic (exact) mass is 295 g/mol. The summed E-state index contributed by atoms with van der Waals surface area (Å²) < 4.78 is 23.8. The molecule has 2 aromatic carbocycles. The number of rotatable bonds is 2. The van der Waals surface area contributed by atoms with Crippen molar-refractivity contribution in [3.8, 4) is 11.5 Å². The lowest BCUT2D eigenvalue weighted by Gasteiger charge is -2.15. The number of allylic oxidation sites excluding steroid dienone is 1. The van der Waals surface area contributed by atoms with Crippen molar-refractivity contribution in [3.05, 3.63) is 65.0 Å². The van der Waals surface area contributed by atoms with Gasteiger partial charge in [-0.1, -0.05) is 18.2 Å². The van der Waals surface area contributed by atoms with Gasteiger partial charge in [0.2, 0.25) is 6.79 Å². The van der Waals surface area contributed by atoms with Crippen molar-refractivity contribution in [1.29, 1.82) is 0 Å². The van der Waals surface area contributed by atoms with E-state index in [1.54, 1.807) is 12.1 Å². The van der Waals surface area contributed by atoms with Gasteiger partial charge in [-0.15, -0.1) is 0 Å². The van der Waals surface area contributed by atoms with E-state index in [-0.39, 0.29) is 12.6 Å². The molecular formula is C18H14FNO2. The Balaban J connectivity index is 1.66. The van der Waals surface area contributed by atoms with Gasteiger partial charge in [-0.3, -0.25) is 4.99 Å². The fourth-order valence-corrected chi connectivity index (χ4v) is 2.70. The van der Waals surface area contributed by atoms with Gasteiger partial charge in [0.1, 0.15) is 5.82 Å². The molecule has 2 aromatic rings. The molecule has 2 aliphatic heterocycles. The van der Waals surface area contributed by atoms with Crippen LogP contribution in [0, 0.1) is 5.82 Å². The lowest BCUT2D eigenvalue weighted by atomic mass is 9.96. The highest BCUT2D eigenvalue weighted by Crippen LogP contribution is 2.36. The molecule has 22 heavy (non-hydrogen) atoms. The molecule has 0 aromatic heterocycles. The van der Waals surface area contributed by atoms with Crippen molar-refractivity contribution in [2.45, 2.75) is 6.42 Å². The predicted molar refractivity (Wildman–Crippen MR) is 83.1 cm³/mol. The van der Waals surface area contributed by atoms with Crippen LogP contribution in [0.25, 0.3) is 6.08 Å². The number of nitrogens with zero attached hydrogens (tertiary/aromatic N) is 1. The Kier molecular flexibility index (Phi) is 3.15. The number of benzene rings is 2. The van der Waals surface area contributed by atoms with Crippen LogP contribution in [-0.2, 0) is 6.42 Å². The van der Waals surface area contributed by atoms with Crippen LogP contribution in [0.15, 0.2) is 47.5 Å². The average molecular weight is 295 g/mol. The van der Waals surface area contributed by atoms with Gasteiger partial charge < -0.3 is 9.47 Å². The summed E-state index contributed by atoms with van der Waals surface area (Å²) in [5.74, 6) is 1.34. The van der Waals surface area contributed by atoms with Crippen LogP contribution in [-0.4, -0.2) is 19.0 Å².